The van der Waals surface area contributed by atoms with Crippen molar-refractivity contribution in [2.45, 2.75) is 13.8 Å². The molecule has 1 aromatic carbocycles. The van der Waals surface area contributed by atoms with E-state index in [-0.39, 0.29) is 18.5 Å². The summed E-state index contributed by atoms with van der Waals surface area (Å²) in [4.78, 5) is 11.8. The van der Waals surface area contributed by atoms with Gasteiger partial charge in [-0.25, -0.2) is 5.43 Å². The Bertz CT molecular complexity index is 718. The number of benzene rings is 1. The predicted molar refractivity (Wildman–Crippen MR) is 75.7 cm³/mol. The summed E-state index contributed by atoms with van der Waals surface area (Å²) in [5.74, 6) is 1.91. The number of furan rings is 1. The molecule has 0 fully saturated rings. The van der Waals surface area contributed by atoms with Crippen molar-refractivity contribution in [3.8, 4) is 11.5 Å². The molecule has 6 nitrogen and oxygen atoms in total. The molecule has 0 unspecified atom stereocenters. The third kappa shape index (κ3) is 2.74. The lowest BCUT2D eigenvalue weighted by Crippen LogP contribution is -2.18. The van der Waals surface area contributed by atoms with E-state index in [1.54, 1.807) is 26.0 Å². The molecule has 2 heterocycles. The lowest BCUT2D eigenvalue weighted by atomic mass is 10.1. The third-order valence-corrected chi connectivity index (χ3v) is 3.08. The third-order valence-electron chi connectivity index (χ3n) is 3.08. The Morgan fingerprint density at radius 3 is 2.76 bits per heavy atom. The lowest BCUT2D eigenvalue weighted by molar-refractivity contribution is 0.0926. The fourth-order valence-electron chi connectivity index (χ4n) is 1.93. The Morgan fingerprint density at radius 2 is 2.00 bits per heavy atom. The summed E-state index contributed by atoms with van der Waals surface area (Å²) < 4.78 is 15.8. The van der Waals surface area contributed by atoms with Crippen molar-refractivity contribution in [2.75, 3.05) is 6.79 Å². The number of carbonyl (C=O) groups excluding carboxylic acids is 1. The second kappa shape index (κ2) is 5.32. The zero-order valence-electron chi connectivity index (χ0n) is 11.7. The van der Waals surface area contributed by atoms with Gasteiger partial charge in [-0.3, -0.25) is 4.79 Å². The second-order valence-electron chi connectivity index (χ2n) is 4.62. The van der Waals surface area contributed by atoms with Gasteiger partial charge in [-0.2, -0.15) is 5.10 Å². The monoisotopic (exact) mass is 286 g/mol. The van der Waals surface area contributed by atoms with Gasteiger partial charge in [0.1, 0.15) is 5.76 Å². The van der Waals surface area contributed by atoms with Gasteiger partial charge in [0, 0.05) is 5.56 Å². The number of aryl methyl sites for hydroxylation is 1. The minimum Gasteiger partial charge on any atom is -0.456 e. The molecule has 2 aromatic rings. The maximum Gasteiger partial charge on any atom is 0.307 e. The molecule has 1 aliphatic rings. The zero-order valence-corrected chi connectivity index (χ0v) is 11.7. The minimum absolute atomic E-state index is 0.226. The number of hydrogen-bond acceptors (Lipinski definition) is 5. The van der Waals surface area contributed by atoms with Crippen molar-refractivity contribution in [2.24, 2.45) is 5.10 Å². The molecular weight excluding hydrogens is 272 g/mol. The summed E-state index contributed by atoms with van der Waals surface area (Å²) in [6.07, 6.45) is 0. The van der Waals surface area contributed by atoms with E-state index in [0.29, 0.717) is 23.0 Å². The second-order valence-corrected chi connectivity index (χ2v) is 4.62. The Balaban J connectivity index is 1.72. The van der Waals surface area contributed by atoms with E-state index in [1.165, 1.54) is 0 Å². The van der Waals surface area contributed by atoms with Crippen LogP contribution in [0.3, 0.4) is 0 Å². The number of ether oxygens (including phenoxy) is 2. The topological polar surface area (TPSA) is 73.1 Å². The summed E-state index contributed by atoms with van der Waals surface area (Å²) in [6.45, 7) is 3.80. The molecule has 6 heteroatoms. The first-order valence-corrected chi connectivity index (χ1v) is 6.44. The van der Waals surface area contributed by atoms with Crippen molar-refractivity contribution < 1.29 is 18.7 Å². The van der Waals surface area contributed by atoms with Crippen LogP contribution >= 0.6 is 0 Å². The van der Waals surface area contributed by atoms with E-state index in [9.17, 15) is 4.79 Å². The summed E-state index contributed by atoms with van der Waals surface area (Å²) in [5.41, 5.74) is 3.96. The number of carbonyl (C=O) groups is 1. The van der Waals surface area contributed by atoms with Crippen molar-refractivity contribution in [1.82, 2.24) is 5.43 Å². The van der Waals surface area contributed by atoms with Crippen LogP contribution in [0.1, 0.15) is 28.8 Å². The van der Waals surface area contributed by atoms with Crippen LogP contribution in [0.5, 0.6) is 11.5 Å². The number of hydrogen-bond donors (Lipinski definition) is 1. The maximum atomic E-state index is 11.8. The van der Waals surface area contributed by atoms with E-state index in [2.05, 4.69) is 10.5 Å². The van der Waals surface area contributed by atoms with Gasteiger partial charge in [-0.1, -0.05) is 0 Å². The first-order chi connectivity index (χ1) is 10.1. The molecule has 1 aliphatic heterocycles. The fraction of sp³-hybridized carbons (Fsp3) is 0.200. The molecule has 0 spiro atoms. The molecule has 108 valence electrons. The number of nitrogens with one attached hydrogen (secondary N) is 1. The fourth-order valence-corrected chi connectivity index (χ4v) is 1.93. The number of fused-ring (bicyclic) bond motifs is 1. The van der Waals surface area contributed by atoms with Crippen LogP contribution in [-0.2, 0) is 0 Å². The van der Waals surface area contributed by atoms with Crippen LogP contribution in [0.4, 0.5) is 0 Å². The highest BCUT2D eigenvalue weighted by molar-refractivity contribution is 6.00. The van der Waals surface area contributed by atoms with Crippen molar-refractivity contribution >= 4 is 11.6 Å². The quantitative estimate of drug-likeness (QED) is 0.695. The zero-order chi connectivity index (χ0) is 14.8. The number of hydrazone groups is 1. The van der Waals surface area contributed by atoms with Crippen LogP contribution in [0.15, 0.2) is 39.9 Å². The van der Waals surface area contributed by atoms with E-state index in [4.69, 9.17) is 13.9 Å². The van der Waals surface area contributed by atoms with Gasteiger partial charge in [0.25, 0.3) is 0 Å². The van der Waals surface area contributed by atoms with E-state index in [1.807, 2.05) is 18.2 Å². The predicted octanol–water partition coefficient (Wildman–Crippen LogP) is 2.47. The number of rotatable bonds is 3. The molecule has 1 aromatic heterocycles. The molecule has 3 rings (SSSR count). The lowest BCUT2D eigenvalue weighted by Gasteiger charge is -2.03. The van der Waals surface area contributed by atoms with Crippen LogP contribution in [-0.4, -0.2) is 18.4 Å². The molecule has 0 bridgehead atoms. The Labute approximate surface area is 121 Å². The van der Waals surface area contributed by atoms with Gasteiger partial charge in [-0.05, 0) is 44.2 Å². The van der Waals surface area contributed by atoms with Gasteiger partial charge < -0.3 is 13.9 Å². The van der Waals surface area contributed by atoms with Gasteiger partial charge in [0.05, 0.1) is 5.71 Å². The summed E-state index contributed by atoms with van der Waals surface area (Å²) in [7, 11) is 0. The Kier molecular flexibility index (Phi) is 3.35. The van der Waals surface area contributed by atoms with E-state index < -0.39 is 0 Å². The standard InChI is InChI=1S/C15H14N2O4/c1-9-3-5-13(21-9)15(18)17-16-10(2)11-4-6-12-14(7-11)20-8-19-12/h3-7H,8H2,1-2H3,(H,17,18)/b16-10+. The molecule has 0 saturated carbocycles. The highest BCUT2D eigenvalue weighted by Gasteiger charge is 2.14. The highest BCUT2D eigenvalue weighted by Crippen LogP contribution is 2.32. The average molecular weight is 286 g/mol. The molecule has 0 atom stereocenters. The van der Waals surface area contributed by atoms with Crippen molar-refractivity contribution in [3.63, 3.8) is 0 Å². The number of nitrogens with zero attached hydrogens (tertiary/aromatic N) is 1. The molecule has 0 aliphatic carbocycles. The SMILES string of the molecule is C/C(=N\NC(=O)c1ccc(C)o1)c1ccc2c(c1)OCO2. The van der Waals surface area contributed by atoms with Crippen molar-refractivity contribution in [1.29, 1.82) is 0 Å². The normalized spacial score (nSPS) is 13.3. The summed E-state index contributed by atoms with van der Waals surface area (Å²) in [5, 5.41) is 4.07. The molecular formula is C15H14N2O4. The van der Waals surface area contributed by atoms with Crippen LogP contribution in [0.2, 0.25) is 0 Å². The van der Waals surface area contributed by atoms with Gasteiger partial charge >= 0.3 is 5.91 Å². The average Bonchev–Trinajstić information content (AvgIpc) is 3.12. The van der Waals surface area contributed by atoms with Crippen LogP contribution in [0.25, 0.3) is 0 Å². The Hall–Kier alpha value is -2.76. The van der Waals surface area contributed by atoms with Crippen LogP contribution < -0.4 is 14.9 Å². The molecule has 1 N–H and O–H groups in total. The minimum atomic E-state index is -0.386. The van der Waals surface area contributed by atoms with Crippen LogP contribution in [0, 0.1) is 6.92 Å². The van der Waals surface area contributed by atoms with Gasteiger partial charge in [-0.15, -0.1) is 0 Å². The summed E-state index contributed by atoms with van der Waals surface area (Å²) in [6, 6.07) is 8.83. The molecule has 0 radical (unpaired) electrons. The molecule has 21 heavy (non-hydrogen) atoms. The largest absolute Gasteiger partial charge is 0.456 e. The Morgan fingerprint density at radius 1 is 1.19 bits per heavy atom. The maximum absolute atomic E-state index is 11.8. The van der Waals surface area contributed by atoms with Gasteiger partial charge in [0.15, 0.2) is 17.3 Å². The number of amides is 1. The van der Waals surface area contributed by atoms with Gasteiger partial charge in [0.2, 0.25) is 6.79 Å². The molecule has 0 saturated heterocycles. The first-order valence-electron chi connectivity index (χ1n) is 6.44. The van der Waals surface area contributed by atoms with E-state index in [0.717, 1.165) is 5.56 Å². The highest BCUT2D eigenvalue weighted by atomic mass is 16.7. The summed E-state index contributed by atoms with van der Waals surface area (Å²) >= 11 is 0. The molecule has 1 amide bonds. The van der Waals surface area contributed by atoms with Crippen molar-refractivity contribution in [3.05, 3.63) is 47.4 Å². The smallest absolute Gasteiger partial charge is 0.307 e. The first kappa shape index (κ1) is 13.2. The van der Waals surface area contributed by atoms with E-state index >= 15 is 0 Å².